The maximum Gasteiger partial charge on any atom is 0.305 e. The summed E-state index contributed by atoms with van der Waals surface area (Å²) < 4.78 is 5.41. The summed E-state index contributed by atoms with van der Waals surface area (Å²) in [6.07, 6.45) is 38.2. The summed E-state index contributed by atoms with van der Waals surface area (Å²) in [7, 11) is 0. The van der Waals surface area contributed by atoms with Gasteiger partial charge < -0.3 is 4.74 Å². The zero-order valence-electron chi connectivity index (χ0n) is 23.6. The molecule has 0 saturated heterocycles. The average Bonchev–Trinajstić information content (AvgIpc) is 2.84. The molecule has 202 valence electrons. The van der Waals surface area contributed by atoms with E-state index in [1.54, 1.807) is 0 Å². The van der Waals surface area contributed by atoms with Gasteiger partial charge in [0.15, 0.2) is 0 Å². The van der Waals surface area contributed by atoms with E-state index in [0.29, 0.717) is 13.0 Å². The van der Waals surface area contributed by atoms with Gasteiger partial charge in [-0.05, 0) is 38.5 Å². The molecular formula is C32H62O2. The molecule has 0 atom stereocenters. The Morgan fingerprint density at radius 3 is 1.26 bits per heavy atom. The second-order valence-electron chi connectivity index (χ2n) is 10.4. The lowest BCUT2D eigenvalue weighted by molar-refractivity contribution is -0.143. The SMILES string of the molecule is CCCCCCCC=CCCCCCCCCCOC(=O)CCCCCCCCCCCCC. The summed E-state index contributed by atoms with van der Waals surface area (Å²) in [4.78, 5) is 11.8. The lowest BCUT2D eigenvalue weighted by atomic mass is 10.1. The molecular weight excluding hydrogens is 416 g/mol. The number of rotatable bonds is 28. The second-order valence-corrected chi connectivity index (χ2v) is 10.4. The van der Waals surface area contributed by atoms with E-state index < -0.39 is 0 Å². The third kappa shape index (κ3) is 29.2. The molecule has 0 aliphatic rings. The van der Waals surface area contributed by atoms with Gasteiger partial charge in [-0.3, -0.25) is 4.79 Å². The van der Waals surface area contributed by atoms with Crippen molar-refractivity contribution in [2.75, 3.05) is 6.61 Å². The molecule has 0 fully saturated rings. The maximum atomic E-state index is 11.8. The Hall–Kier alpha value is -0.790. The Kier molecular flexibility index (Phi) is 29.5. The lowest BCUT2D eigenvalue weighted by Gasteiger charge is -2.05. The van der Waals surface area contributed by atoms with Crippen LogP contribution in [0.3, 0.4) is 0 Å². The molecule has 0 radical (unpaired) electrons. The van der Waals surface area contributed by atoms with Gasteiger partial charge in [-0.15, -0.1) is 0 Å². The van der Waals surface area contributed by atoms with Gasteiger partial charge in [-0.1, -0.05) is 148 Å². The Labute approximate surface area is 215 Å². The van der Waals surface area contributed by atoms with E-state index in [9.17, 15) is 4.79 Å². The Bertz CT molecular complexity index is 415. The van der Waals surface area contributed by atoms with Crippen molar-refractivity contribution in [3.63, 3.8) is 0 Å². The van der Waals surface area contributed by atoms with Crippen LogP contribution in [0.25, 0.3) is 0 Å². The first kappa shape index (κ1) is 33.2. The molecule has 2 nitrogen and oxygen atoms in total. The van der Waals surface area contributed by atoms with Gasteiger partial charge in [0.05, 0.1) is 6.61 Å². The van der Waals surface area contributed by atoms with Gasteiger partial charge in [0.25, 0.3) is 0 Å². The molecule has 0 aromatic rings. The predicted octanol–water partition coefficient (Wildman–Crippen LogP) is 11.3. The number of esters is 1. The summed E-state index contributed by atoms with van der Waals surface area (Å²) in [6.45, 7) is 5.17. The van der Waals surface area contributed by atoms with E-state index >= 15 is 0 Å². The standard InChI is InChI=1S/C32H62O2/c1-3-5-7-9-11-13-15-16-17-18-19-21-23-25-27-29-31-34-32(33)30-28-26-24-22-20-14-12-10-8-6-4-2/h15-16H,3-14,17-31H2,1-2H3. The molecule has 0 rings (SSSR count). The van der Waals surface area contributed by atoms with E-state index in [-0.39, 0.29) is 5.97 Å². The quantitative estimate of drug-likeness (QED) is 0.0634. The number of hydrogen-bond donors (Lipinski definition) is 0. The topological polar surface area (TPSA) is 26.3 Å². The minimum absolute atomic E-state index is 0.0185. The highest BCUT2D eigenvalue weighted by atomic mass is 16.5. The smallest absolute Gasteiger partial charge is 0.305 e. The molecule has 0 aliphatic carbocycles. The monoisotopic (exact) mass is 478 g/mol. The zero-order chi connectivity index (χ0) is 24.8. The van der Waals surface area contributed by atoms with Crippen LogP contribution in [0.2, 0.25) is 0 Å². The van der Waals surface area contributed by atoms with E-state index in [4.69, 9.17) is 4.74 Å². The molecule has 0 heterocycles. The average molecular weight is 479 g/mol. The van der Waals surface area contributed by atoms with Crippen molar-refractivity contribution in [3.8, 4) is 0 Å². The number of carbonyl (C=O) groups is 1. The fourth-order valence-corrected chi connectivity index (χ4v) is 4.54. The third-order valence-corrected chi connectivity index (χ3v) is 6.90. The van der Waals surface area contributed by atoms with Crippen molar-refractivity contribution in [1.82, 2.24) is 0 Å². The number of unbranched alkanes of at least 4 members (excludes halogenated alkanes) is 22. The first-order valence-corrected chi connectivity index (χ1v) is 15.6. The fourth-order valence-electron chi connectivity index (χ4n) is 4.54. The Morgan fingerprint density at radius 1 is 0.471 bits per heavy atom. The molecule has 0 spiro atoms. The first-order valence-electron chi connectivity index (χ1n) is 15.6. The van der Waals surface area contributed by atoms with Crippen molar-refractivity contribution in [3.05, 3.63) is 12.2 Å². The van der Waals surface area contributed by atoms with Crippen molar-refractivity contribution < 1.29 is 9.53 Å². The van der Waals surface area contributed by atoms with Gasteiger partial charge in [0, 0.05) is 6.42 Å². The van der Waals surface area contributed by atoms with E-state index in [1.807, 2.05) is 0 Å². The number of allylic oxidation sites excluding steroid dienone is 2. The van der Waals surface area contributed by atoms with Crippen LogP contribution in [0.4, 0.5) is 0 Å². The van der Waals surface area contributed by atoms with Crippen LogP contribution in [-0.2, 0) is 9.53 Å². The molecule has 34 heavy (non-hydrogen) atoms. The molecule has 0 saturated carbocycles. The number of ether oxygens (including phenoxy) is 1. The second kappa shape index (κ2) is 30.2. The van der Waals surface area contributed by atoms with Gasteiger partial charge in [0.1, 0.15) is 0 Å². The van der Waals surface area contributed by atoms with Crippen molar-refractivity contribution in [2.24, 2.45) is 0 Å². The fraction of sp³-hybridized carbons (Fsp3) is 0.906. The highest BCUT2D eigenvalue weighted by molar-refractivity contribution is 5.69. The van der Waals surface area contributed by atoms with E-state index in [2.05, 4.69) is 26.0 Å². The summed E-state index contributed by atoms with van der Waals surface area (Å²) in [5, 5.41) is 0. The van der Waals surface area contributed by atoms with Crippen LogP contribution >= 0.6 is 0 Å². The van der Waals surface area contributed by atoms with Crippen LogP contribution in [0.1, 0.15) is 181 Å². The first-order chi connectivity index (χ1) is 16.8. The highest BCUT2D eigenvalue weighted by Crippen LogP contribution is 2.13. The molecule has 2 heteroatoms. The zero-order valence-corrected chi connectivity index (χ0v) is 23.6. The molecule has 0 N–H and O–H groups in total. The molecule has 0 aromatic carbocycles. The van der Waals surface area contributed by atoms with Gasteiger partial charge in [-0.2, -0.15) is 0 Å². The van der Waals surface area contributed by atoms with Gasteiger partial charge in [-0.25, -0.2) is 0 Å². The molecule has 0 amide bonds. The van der Waals surface area contributed by atoms with Crippen LogP contribution in [0.15, 0.2) is 12.2 Å². The van der Waals surface area contributed by atoms with Crippen LogP contribution < -0.4 is 0 Å². The maximum absolute atomic E-state index is 11.8. The largest absolute Gasteiger partial charge is 0.466 e. The molecule has 0 aromatic heterocycles. The van der Waals surface area contributed by atoms with Gasteiger partial charge >= 0.3 is 5.97 Å². The summed E-state index contributed by atoms with van der Waals surface area (Å²) in [6, 6.07) is 0. The third-order valence-electron chi connectivity index (χ3n) is 6.90. The molecule has 0 unspecified atom stereocenters. The number of hydrogen-bond acceptors (Lipinski definition) is 2. The van der Waals surface area contributed by atoms with E-state index in [1.165, 1.54) is 148 Å². The predicted molar refractivity (Wildman–Crippen MR) is 151 cm³/mol. The van der Waals surface area contributed by atoms with Crippen LogP contribution in [0.5, 0.6) is 0 Å². The molecule has 0 bridgehead atoms. The van der Waals surface area contributed by atoms with Crippen molar-refractivity contribution in [2.45, 2.75) is 181 Å². The lowest BCUT2D eigenvalue weighted by Crippen LogP contribution is -2.05. The molecule has 0 aliphatic heterocycles. The van der Waals surface area contributed by atoms with E-state index in [0.717, 1.165) is 12.8 Å². The van der Waals surface area contributed by atoms with Crippen molar-refractivity contribution in [1.29, 1.82) is 0 Å². The van der Waals surface area contributed by atoms with Crippen LogP contribution in [-0.4, -0.2) is 12.6 Å². The summed E-state index contributed by atoms with van der Waals surface area (Å²) in [5.41, 5.74) is 0. The Morgan fingerprint density at radius 2 is 0.824 bits per heavy atom. The minimum atomic E-state index is 0.0185. The normalized spacial score (nSPS) is 11.5. The van der Waals surface area contributed by atoms with Gasteiger partial charge in [0.2, 0.25) is 0 Å². The minimum Gasteiger partial charge on any atom is -0.466 e. The highest BCUT2D eigenvalue weighted by Gasteiger charge is 2.02. The number of carbonyl (C=O) groups excluding carboxylic acids is 1. The van der Waals surface area contributed by atoms with Crippen LogP contribution in [0, 0.1) is 0 Å². The Balaban J connectivity index is 3.18. The summed E-state index contributed by atoms with van der Waals surface area (Å²) in [5.74, 6) is 0.0185. The summed E-state index contributed by atoms with van der Waals surface area (Å²) >= 11 is 0. The van der Waals surface area contributed by atoms with Crippen molar-refractivity contribution >= 4 is 5.97 Å².